The number of halogens is 1. The summed E-state index contributed by atoms with van der Waals surface area (Å²) in [6, 6.07) is 17.2. The number of thioether (sulfide) groups is 1. The number of carbonyl (C=O) groups is 1. The molecule has 1 amide bonds. The summed E-state index contributed by atoms with van der Waals surface area (Å²) in [6.45, 7) is 8.24. The molecule has 24 heavy (non-hydrogen) atoms. The van der Waals surface area contributed by atoms with E-state index in [9.17, 15) is 4.79 Å². The molecule has 0 saturated carbocycles. The van der Waals surface area contributed by atoms with E-state index in [4.69, 9.17) is 5.73 Å². The second-order valence-corrected chi connectivity index (χ2v) is 8.66. The number of carbonyl (C=O) groups excluding carboxylic acids is 1. The highest BCUT2D eigenvalue weighted by Crippen LogP contribution is 2.32. The van der Waals surface area contributed by atoms with Gasteiger partial charge in [-0.2, -0.15) is 0 Å². The van der Waals surface area contributed by atoms with Crippen molar-refractivity contribution >= 4 is 35.8 Å². The second-order valence-electron chi connectivity index (χ2n) is 6.76. The molecule has 0 aromatic heterocycles. The molecule has 130 valence electrons. The number of hydrogen-bond acceptors (Lipinski definition) is 3. The molecule has 0 heterocycles. The molecule has 2 aromatic carbocycles. The normalized spacial score (nSPS) is 13.5. The average Bonchev–Trinajstić information content (AvgIpc) is 2.48. The van der Waals surface area contributed by atoms with Gasteiger partial charge in [0.2, 0.25) is 5.91 Å². The minimum absolute atomic E-state index is 0. The van der Waals surface area contributed by atoms with Gasteiger partial charge in [0.15, 0.2) is 0 Å². The van der Waals surface area contributed by atoms with Crippen molar-refractivity contribution in [1.82, 2.24) is 0 Å². The molecular formula is C19H25ClN2OS. The van der Waals surface area contributed by atoms with E-state index in [2.05, 4.69) is 26.1 Å². The van der Waals surface area contributed by atoms with E-state index in [0.29, 0.717) is 0 Å². The topological polar surface area (TPSA) is 55.1 Å². The van der Waals surface area contributed by atoms with E-state index in [1.807, 2.05) is 54.6 Å². The predicted molar refractivity (Wildman–Crippen MR) is 106 cm³/mol. The first kappa shape index (κ1) is 20.6. The Hall–Kier alpha value is -1.49. The number of hydrogen-bond donors (Lipinski definition) is 2. The Balaban J connectivity index is 0.00000288. The highest BCUT2D eigenvalue weighted by molar-refractivity contribution is 8.00. The number of anilines is 1. The van der Waals surface area contributed by atoms with Crippen molar-refractivity contribution in [2.24, 2.45) is 5.73 Å². The molecule has 1 unspecified atom stereocenters. The molecule has 0 fully saturated rings. The number of rotatable bonds is 4. The van der Waals surface area contributed by atoms with Crippen molar-refractivity contribution in [1.29, 1.82) is 0 Å². The number of amides is 1. The first-order valence-corrected chi connectivity index (χ1v) is 8.45. The van der Waals surface area contributed by atoms with Gasteiger partial charge in [0.1, 0.15) is 5.54 Å². The Kier molecular flexibility index (Phi) is 6.90. The van der Waals surface area contributed by atoms with Gasteiger partial charge < -0.3 is 11.1 Å². The van der Waals surface area contributed by atoms with Crippen LogP contribution in [0.5, 0.6) is 0 Å². The fraction of sp³-hybridized carbons (Fsp3) is 0.316. The number of nitrogens with one attached hydrogen (secondary N) is 1. The zero-order valence-electron chi connectivity index (χ0n) is 14.5. The fourth-order valence-electron chi connectivity index (χ4n) is 2.14. The minimum Gasteiger partial charge on any atom is -0.324 e. The van der Waals surface area contributed by atoms with Gasteiger partial charge in [-0.25, -0.2) is 0 Å². The Bertz CT molecular complexity index is 664. The van der Waals surface area contributed by atoms with Gasteiger partial charge in [-0.3, -0.25) is 4.79 Å². The van der Waals surface area contributed by atoms with Gasteiger partial charge in [0, 0.05) is 15.3 Å². The van der Waals surface area contributed by atoms with Crippen LogP contribution in [0.15, 0.2) is 59.5 Å². The van der Waals surface area contributed by atoms with E-state index in [0.717, 1.165) is 11.3 Å². The predicted octanol–water partition coefficient (Wildman–Crippen LogP) is 4.81. The van der Waals surface area contributed by atoms with Crippen molar-refractivity contribution in [2.75, 3.05) is 5.32 Å². The average molecular weight is 365 g/mol. The Labute approximate surface area is 154 Å². The van der Waals surface area contributed by atoms with E-state index in [1.165, 1.54) is 4.90 Å². The highest BCUT2D eigenvalue weighted by atomic mass is 35.5. The van der Waals surface area contributed by atoms with Crippen LogP contribution in [0.4, 0.5) is 5.69 Å². The number of benzene rings is 2. The molecule has 0 aliphatic carbocycles. The summed E-state index contributed by atoms with van der Waals surface area (Å²) < 4.78 is 0.161. The Morgan fingerprint density at radius 2 is 1.50 bits per heavy atom. The molecule has 0 aliphatic rings. The van der Waals surface area contributed by atoms with Crippen molar-refractivity contribution < 1.29 is 4.79 Å². The van der Waals surface area contributed by atoms with Gasteiger partial charge in [0.25, 0.3) is 0 Å². The monoisotopic (exact) mass is 364 g/mol. The minimum atomic E-state index is -1.07. The second kappa shape index (κ2) is 8.06. The lowest BCUT2D eigenvalue weighted by atomic mass is 9.92. The van der Waals surface area contributed by atoms with Crippen LogP contribution in [0.2, 0.25) is 0 Å². The summed E-state index contributed by atoms with van der Waals surface area (Å²) >= 11 is 1.79. The summed E-state index contributed by atoms with van der Waals surface area (Å²) in [5.74, 6) is -0.222. The van der Waals surface area contributed by atoms with Crippen LogP contribution in [-0.2, 0) is 10.3 Å². The third-order valence-electron chi connectivity index (χ3n) is 3.38. The highest BCUT2D eigenvalue weighted by Gasteiger charge is 2.30. The standard InChI is InChI=1S/C19H24N2OS.ClH/c1-18(2,3)23-16-12-10-15(11-13-16)21-17(22)19(4,20)14-8-6-5-7-9-14;/h5-13H,20H2,1-4H3,(H,21,22);1H. The zero-order valence-corrected chi connectivity index (χ0v) is 16.1. The largest absolute Gasteiger partial charge is 0.324 e. The van der Waals surface area contributed by atoms with Crippen molar-refractivity contribution in [3.8, 4) is 0 Å². The van der Waals surface area contributed by atoms with Crippen molar-refractivity contribution in [2.45, 2.75) is 42.9 Å². The molecule has 3 nitrogen and oxygen atoms in total. The molecule has 0 radical (unpaired) electrons. The van der Waals surface area contributed by atoms with Crippen LogP contribution in [0, 0.1) is 0 Å². The molecule has 0 spiro atoms. The van der Waals surface area contributed by atoms with E-state index in [-0.39, 0.29) is 23.1 Å². The summed E-state index contributed by atoms with van der Waals surface area (Å²) in [6.07, 6.45) is 0. The lowest BCUT2D eigenvalue weighted by Gasteiger charge is -2.24. The summed E-state index contributed by atoms with van der Waals surface area (Å²) in [5.41, 5.74) is 6.70. The Morgan fingerprint density at radius 1 is 0.958 bits per heavy atom. The SMILES string of the molecule is CC(C)(C)Sc1ccc(NC(=O)C(C)(N)c2ccccc2)cc1.Cl. The van der Waals surface area contributed by atoms with Crippen LogP contribution in [0.25, 0.3) is 0 Å². The van der Waals surface area contributed by atoms with Crippen LogP contribution in [0.3, 0.4) is 0 Å². The fourth-order valence-corrected chi connectivity index (χ4v) is 3.12. The van der Waals surface area contributed by atoms with Crippen LogP contribution >= 0.6 is 24.2 Å². The van der Waals surface area contributed by atoms with Gasteiger partial charge >= 0.3 is 0 Å². The van der Waals surface area contributed by atoms with Crippen LogP contribution in [-0.4, -0.2) is 10.7 Å². The molecular weight excluding hydrogens is 340 g/mol. The Morgan fingerprint density at radius 3 is 2.00 bits per heavy atom. The van der Waals surface area contributed by atoms with Gasteiger partial charge in [-0.05, 0) is 36.8 Å². The van der Waals surface area contributed by atoms with E-state index < -0.39 is 5.54 Å². The van der Waals surface area contributed by atoms with Gasteiger partial charge in [-0.1, -0.05) is 51.1 Å². The van der Waals surface area contributed by atoms with E-state index >= 15 is 0 Å². The molecule has 1 atom stereocenters. The van der Waals surface area contributed by atoms with Crippen LogP contribution in [0.1, 0.15) is 33.3 Å². The van der Waals surface area contributed by atoms with Crippen LogP contribution < -0.4 is 11.1 Å². The first-order chi connectivity index (χ1) is 10.7. The maximum Gasteiger partial charge on any atom is 0.248 e. The van der Waals surface area contributed by atoms with Crippen molar-refractivity contribution in [3.63, 3.8) is 0 Å². The maximum atomic E-state index is 12.5. The molecule has 3 N–H and O–H groups in total. The molecule has 5 heteroatoms. The third-order valence-corrected chi connectivity index (χ3v) is 4.50. The lowest BCUT2D eigenvalue weighted by Crippen LogP contribution is -2.45. The molecule has 2 rings (SSSR count). The number of nitrogens with two attached hydrogens (primary N) is 1. The van der Waals surface area contributed by atoms with Gasteiger partial charge in [-0.15, -0.1) is 24.2 Å². The molecule has 0 bridgehead atoms. The molecule has 0 saturated heterocycles. The molecule has 2 aromatic rings. The van der Waals surface area contributed by atoms with Gasteiger partial charge in [0.05, 0.1) is 0 Å². The summed E-state index contributed by atoms with van der Waals surface area (Å²) in [7, 11) is 0. The summed E-state index contributed by atoms with van der Waals surface area (Å²) in [5, 5.41) is 2.90. The smallest absolute Gasteiger partial charge is 0.248 e. The first-order valence-electron chi connectivity index (χ1n) is 7.63. The molecule has 0 aliphatic heterocycles. The zero-order chi connectivity index (χ0) is 17.1. The van der Waals surface area contributed by atoms with Crippen molar-refractivity contribution in [3.05, 3.63) is 60.2 Å². The summed E-state index contributed by atoms with van der Waals surface area (Å²) in [4.78, 5) is 13.7. The third kappa shape index (κ3) is 5.55. The quantitative estimate of drug-likeness (QED) is 0.765. The van der Waals surface area contributed by atoms with E-state index in [1.54, 1.807) is 18.7 Å². The maximum absolute atomic E-state index is 12.5. The lowest BCUT2D eigenvalue weighted by molar-refractivity contribution is -0.120.